The molecule has 0 aliphatic carbocycles. The standard InChI is InChI=1S/C12H19BrN2O/c1-3-4-10(8-16-2)15-12-6-5-9(14)7-11(12)13/h5-7,10,15H,3-4,8,14H2,1-2H3. The summed E-state index contributed by atoms with van der Waals surface area (Å²) in [6.07, 6.45) is 2.22. The van der Waals surface area contributed by atoms with Crippen molar-refractivity contribution in [3.8, 4) is 0 Å². The van der Waals surface area contributed by atoms with Crippen molar-refractivity contribution in [3.05, 3.63) is 22.7 Å². The van der Waals surface area contributed by atoms with E-state index in [1.807, 2.05) is 18.2 Å². The van der Waals surface area contributed by atoms with Gasteiger partial charge in [0.2, 0.25) is 0 Å². The molecule has 1 atom stereocenters. The third-order valence-electron chi connectivity index (χ3n) is 2.36. The fraction of sp³-hybridized carbons (Fsp3) is 0.500. The Labute approximate surface area is 105 Å². The Morgan fingerprint density at radius 2 is 2.25 bits per heavy atom. The van der Waals surface area contributed by atoms with Crippen LogP contribution in [0.3, 0.4) is 0 Å². The summed E-state index contributed by atoms with van der Waals surface area (Å²) in [5.74, 6) is 0. The van der Waals surface area contributed by atoms with Gasteiger partial charge in [-0.25, -0.2) is 0 Å². The molecule has 1 aromatic carbocycles. The lowest BCUT2D eigenvalue weighted by atomic mass is 10.1. The lowest BCUT2D eigenvalue weighted by Gasteiger charge is -2.19. The first kappa shape index (κ1) is 13.3. The highest BCUT2D eigenvalue weighted by Gasteiger charge is 2.09. The lowest BCUT2D eigenvalue weighted by Crippen LogP contribution is -2.24. The van der Waals surface area contributed by atoms with Gasteiger partial charge in [-0.05, 0) is 40.5 Å². The highest BCUT2D eigenvalue weighted by molar-refractivity contribution is 9.10. The number of anilines is 2. The summed E-state index contributed by atoms with van der Waals surface area (Å²) >= 11 is 3.49. The SMILES string of the molecule is CCCC(COC)Nc1ccc(N)cc1Br. The van der Waals surface area contributed by atoms with Crippen molar-refractivity contribution < 1.29 is 4.74 Å². The van der Waals surface area contributed by atoms with Gasteiger partial charge in [-0.3, -0.25) is 0 Å². The average molecular weight is 287 g/mol. The predicted molar refractivity (Wildman–Crippen MR) is 72.7 cm³/mol. The molecule has 0 aliphatic rings. The zero-order valence-electron chi connectivity index (χ0n) is 9.79. The van der Waals surface area contributed by atoms with E-state index in [0.29, 0.717) is 12.6 Å². The van der Waals surface area contributed by atoms with Crippen molar-refractivity contribution in [1.82, 2.24) is 0 Å². The van der Waals surface area contributed by atoms with Gasteiger partial charge in [0.1, 0.15) is 0 Å². The summed E-state index contributed by atoms with van der Waals surface area (Å²) in [4.78, 5) is 0. The third kappa shape index (κ3) is 4.02. The molecule has 0 spiro atoms. The van der Waals surface area contributed by atoms with E-state index in [-0.39, 0.29) is 0 Å². The van der Waals surface area contributed by atoms with Crippen LogP contribution in [0.4, 0.5) is 11.4 Å². The first-order chi connectivity index (χ1) is 7.67. The van der Waals surface area contributed by atoms with Crippen LogP contribution in [0.15, 0.2) is 22.7 Å². The van der Waals surface area contributed by atoms with E-state index in [9.17, 15) is 0 Å². The van der Waals surface area contributed by atoms with Gasteiger partial charge in [0.15, 0.2) is 0 Å². The fourth-order valence-corrected chi connectivity index (χ4v) is 2.13. The number of benzene rings is 1. The Balaban J connectivity index is 2.68. The molecule has 0 radical (unpaired) electrons. The summed E-state index contributed by atoms with van der Waals surface area (Å²) in [5.41, 5.74) is 7.51. The molecule has 3 N–H and O–H groups in total. The Morgan fingerprint density at radius 1 is 1.50 bits per heavy atom. The minimum absolute atomic E-state index is 0.343. The fourth-order valence-electron chi connectivity index (χ4n) is 1.62. The molecule has 4 heteroatoms. The van der Waals surface area contributed by atoms with Crippen molar-refractivity contribution in [2.24, 2.45) is 0 Å². The Hall–Kier alpha value is -0.740. The summed E-state index contributed by atoms with van der Waals surface area (Å²) in [6, 6.07) is 6.12. The van der Waals surface area contributed by atoms with E-state index in [4.69, 9.17) is 10.5 Å². The molecule has 0 aromatic heterocycles. The number of hydrogen-bond donors (Lipinski definition) is 2. The van der Waals surface area contributed by atoms with Crippen molar-refractivity contribution in [3.63, 3.8) is 0 Å². The van der Waals surface area contributed by atoms with Crippen LogP contribution >= 0.6 is 15.9 Å². The predicted octanol–water partition coefficient (Wildman–Crippen LogP) is 3.26. The number of ether oxygens (including phenoxy) is 1. The number of nitrogens with two attached hydrogens (primary N) is 1. The monoisotopic (exact) mass is 286 g/mol. The van der Waals surface area contributed by atoms with Gasteiger partial charge >= 0.3 is 0 Å². The molecule has 0 aliphatic heterocycles. The normalized spacial score (nSPS) is 12.4. The number of hydrogen-bond acceptors (Lipinski definition) is 3. The van der Waals surface area contributed by atoms with Gasteiger partial charge in [-0.2, -0.15) is 0 Å². The zero-order valence-corrected chi connectivity index (χ0v) is 11.4. The zero-order chi connectivity index (χ0) is 12.0. The number of halogens is 1. The first-order valence-electron chi connectivity index (χ1n) is 5.47. The second-order valence-electron chi connectivity index (χ2n) is 3.82. The van der Waals surface area contributed by atoms with Gasteiger partial charge < -0.3 is 15.8 Å². The van der Waals surface area contributed by atoms with Gasteiger partial charge in [0.05, 0.1) is 6.61 Å². The molecule has 0 amide bonds. The highest BCUT2D eigenvalue weighted by Crippen LogP contribution is 2.25. The molecule has 90 valence electrons. The van der Waals surface area contributed by atoms with E-state index in [1.165, 1.54) is 0 Å². The van der Waals surface area contributed by atoms with Crippen molar-refractivity contribution in [2.45, 2.75) is 25.8 Å². The topological polar surface area (TPSA) is 47.3 Å². The largest absolute Gasteiger partial charge is 0.399 e. The van der Waals surface area contributed by atoms with Crippen LogP contribution in [0.25, 0.3) is 0 Å². The van der Waals surface area contributed by atoms with Crippen molar-refractivity contribution >= 4 is 27.3 Å². The summed E-state index contributed by atoms with van der Waals surface area (Å²) in [5, 5.41) is 3.45. The summed E-state index contributed by atoms with van der Waals surface area (Å²) in [6.45, 7) is 2.88. The van der Waals surface area contributed by atoms with Crippen LogP contribution in [0, 0.1) is 0 Å². The van der Waals surface area contributed by atoms with Crippen LogP contribution in [-0.2, 0) is 4.74 Å². The second kappa shape index (κ2) is 6.76. The molecular formula is C12H19BrN2O. The van der Waals surface area contributed by atoms with Gasteiger partial charge in [0, 0.05) is 29.0 Å². The smallest absolute Gasteiger partial charge is 0.0664 e. The molecule has 1 unspecified atom stereocenters. The van der Waals surface area contributed by atoms with Crippen LogP contribution in [-0.4, -0.2) is 19.8 Å². The minimum Gasteiger partial charge on any atom is -0.399 e. The number of rotatable bonds is 6. The maximum Gasteiger partial charge on any atom is 0.0664 e. The number of nitrogen functional groups attached to an aromatic ring is 1. The maximum absolute atomic E-state index is 5.69. The molecule has 3 nitrogen and oxygen atoms in total. The summed E-state index contributed by atoms with van der Waals surface area (Å²) < 4.78 is 6.18. The Bertz CT molecular complexity index is 325. The Morgan fingerprint density at radius 3 is 2.81 bits per heavy atom. The number of nitrogens with one attached hydrogen (secondary N) is 1. The van der Waals surface area contributed by atoms with E-state index in [0.717, 1.165) is 28.7 Å². The van der Waals surface area contributed by atoms with Gasteiger partial charge in [-0.1, -0.05) is 13.3 Å². The van der Waals surface area contributed by atoms with Crippen molar-refractivity contribution in [1.29, 1.82) is 0 Å². The lowest BCUT2D eigenvalue weighted by molar-refractivity contribution is 0.182. The number of methoxy groups -OCH3 is 1. The van der Waals surface area contributed by atoms with Crippen LogP contribution in [0.1, 0.15) is 19.8 Å². The minimum atomic E-state index is 0.343. The molecule has 0 fully saturated rings. The highest BCUT2D eigenvalue weighted by atomic mass is 79.9. The Kier molecular flexibility index (Phi) is 5.63. The molecule has 1 aromatic rings. The van der Waals surface area contributed by atoms with E-state index >= 15 is 0 Å². The van der Waals surface area contributed by atoms with Crippen LogP contribution in [0.2, 0.25) is 0 Å². The molecule has 0 heterocycles. The quantitative estimate of drug-likeness (QED) is 0.789. The second-order valence-corrected chi connectivity index (χ2v) is 4.68. The molecule has 0 bridgehead atoms. The van der Waals surface area contributed by atoms with Crippen LogP contribution in [0.5, 0.6) is 0 Å². The van der Waals surface area contributed by atoms with Crippen molar-refractivity contribution in [2.75, 3.05) is 24.8 Å². The van der Waals surface area contributed by atoms with Gasteiger partial charge in [-0.15, -0.1) is 0 Å². The third-order valence-corrected chi connectivity index (χ3v) is 3.01. The first-order valence-corrected chi connectivity index (χ1v) is 6.27. The summed E-state index contributed by atoms with van der Waals surface area (Å²) in [7, 11) is 1.72. The van der Waals surface area contributed by atoms with Crippen LogP contribution < -0.4 is 11.1 Å². The molecular weight excluding hydrogens is 268 g/mol. The molecule has 0 saturated carbocycles. The molecule has 0 saturated heterocycles. The van der Waals surface area contributed by atoms with Gasteiger partial charge in [0.25, 0.3) is 0 Å². The maximum atomic E-state index is 5.69. The average Bonchev–Trinajstić information content (AvgIpc) is 2.23. The molecule has 16 heavy (non-hydrogen) atoms. The molecule has 1 rings (SSSR count). The van der Waals surface area contributed by atoms with E-state index < -0.39 is 0 Å². The van der Waals surface area contributed by atoms with E-state index in [2.05, 4.69) is 28.2 Å². The van der Waals surface area contributed by atoms with E-state index in [1.54, 1.807) is 7.11 Å².